The van der Waals surface area contributed by atoms with Crippen LogP contribution in [0.1, 0.15) is 23.8 Å². The van der Waals surface area contributed by atoms with E-state index in [-0.39, 0.29) is 12.3 Å². The van der Waals surface area contributed by atoms with Crippen molar-refractivity contribution in [1.82, 2.24) is 9.78 Å². The highest BCUT2D eigenvalue weighted by Crippen LogP contribution is 2.10. The van der Waals surface area contributed by atoms with E-state index in [0.29, 0.717) is 38.5 Å². The van der Waals surface area contributed by atoms with Gasteiger partial charge in [0.1, 0.15) is 0 Å². The van der Waals surface area contributed by atoms with Gasteiger partial charge in [0, 0.05) is 32.9 Å². The molecule has 1 aromatic rings. The Morgan fingerprint density at radius 1 is 1.37 bits per heavy atom. The third kappa shape index (κ3) is 5.27. The summed E-state index contributed by atoms with van der Waals surface area (Å²) in [6, 6.07) is 0. The lowest BCUT2D eigenvalue weighted by molar-refractivity contribution is 0.0380. The van der Waals surface area contributed by atoms with Crippen molar-refractivity contribution in [2.75, 3.05) is 39.3 Å². The van der Waals surface area contributed by atoms with E-state index in [1.54, 1.807) is 18.0 Å². The van der Waals surface area contributed by atoms with Gasteiger partial charge in [-0.3, -0.25) is 4.68 Å². The third-order valence-electron chi connectivity index (χ3n) is 2.41. The summed E-state index contributed by atoms with van der Waals surface area (Å²) in [5.74, 6) is -0.499. The zero-order chi connectivity index (χ0) is 14.1. The van der Waals surface area contributed by atoms with Gasteiger partial charge in [0.15, 0.2) is 5.69 Å². The fourth-order valence-corrected chi connectivity index (χ4v) is 1.40. The number of ether oxygens (including phenoxy) is 3. The van der Waals surface area contributed by atoms with Gasteiger partial charge in [-0.1, -0.05) is 0 Å². The topological polar surface area (TPSA) is 88.6 Å². The Balaban J connectivity index is 2.22. The standard InChI is InChI=1S/C12H21N3O4/c1-3-15-9-10(13)11(14-15)12(16)19-6-4-5-18-8-7-17-2/h9H,3-8,13H2,1-2H3. The Morgan fingerprint density at radius 2 is 2.16 bits per heavy atom. The number of nitrogen functional groups attached to an aromatic ring is 1. The molecule has 0 bridgehead atoms. The molecule has 0 atom stereocenters. The number of nitrogens with two attached hydrogens (primary N) is 1. The number of aromatic nitrogens is 2. The smallest absolute Gasteiger partial charge is 0.361 e. The van der Waals surface area contributed by atoms with E-state index in [1.165, 1.54) is 0 Å². The molecule has 0 aliphatic heterocycles. The van der Waals surface area contributed by atoms with E-state index < -0.39 is 5.97 Å². The lowest BCUT2D eigenvalue weighted by atomic mass is 10.4. The molecular weight excluding hydrogens is 250 g/mol. The molecule has 0 aromatic carbocycles. The van der Waals surface area contributed by atoms with Crippen LogP contribution in [0.15, 0.2) is 6.20 Å². The minimum Gasteiger partial charge on any atom is -0.461 e. The van der Waals surface area contributed by atoms with Crippen molar-refractivity contribution in [3.8, 4) is 0 Å². The number of rotatable bonds is 9. The van der Waals surface area contributed by atoms with Crippen molar-refractivity contribution in [3.05, 3.63) is 11.9 Å². The molecular formula is C12H21N3O4. The molecule has 1 aromatic heterocycles. The van der Waals surface area contributed by atoms with Crippen molar-refractivity contribution >= 4 is 11.7 Å². The summed E-state index contributed by atoms with van der Waals surface area (Å²) in [6.45, 7) is 4.48. The zero-order valence-electron chi connectivity index (χ0n) is 11.4. The van der Waals surface area contributed by atoms with Crippen LogP contribution in [0, 0.1) is 0 Å². The largest absolute Gasteiger partial charge is 0.461 e. The number of carbonyl (C=O) groups excluding carboxylic acids is 1. The van der Waals surface area contributed by atoms with Crippen LogP contribution in [-0.4, -0.2) is 49.3 Å². The number of hydrogen-bond donors (Lipinski definition) is 1. The highest BCUT2D eigenvalue weighted by Gasteiger charge is 2.15. The molecule has 1 heterocycles. The number of nitrogens with zero attached hydrogens (tertiary/aromatic N) is 2. The fraction of sp³-hybridized carbons (Fsp3) is 0.667. The molecule has 0 aliphatic rings. The van der Waals surface area contributed by atoms with Gasteiger partial charge in [-0.2, -0.15) is 5.10 Å². The molecule has 7 heteroatoms. The van der Waals surface area contributed by atoms with Crippen molar-refractivity contribution in [2.24, 2.45) is 0 Å². The number of esters is 1. The fourth-order valence-electron chi connectivity index (χ4n) is 1.40. The highest BCUT2D eigenvalue weighted by atomic mass is 16.5. The van der Waals surface area contributed by atoms with E-state index in [9.17, 15) is 4.79 Å². The van der Waals surface area contributed by atoms with E-state index in [4.69, 9.17) is 19.9 Å². The highest BCUT2D eigenvalue weighted by molar-refractivity contribution is 5.92. The Kier molecular flexibility index (Phi) is 6.91. The summed E-state index contributed by atoms with van der Waals surface area (Å²) < 4.78 is 16.7. The molecule has 2 N–H and O–H groups in total. The number of hydrogen-bond acceptors (Lipinski definition) is 6. The molecule has 0 unspecified atom stereocenters. The lowest BCUT2D eigenvalue weighted by Gasteiger charge is -2.04. The first-order valence-electron chi connectivity index (χ1n) is 6.25. The molecule has 0 radical (unpaired) electrons. The lowest BCUT2D eigenvalue weighted by Crippen LogP contribution is -2.12. The normalized spacial score (nSPS) is 10.6. The van der Waals surface area contributed by atoms with Gasteiger partial charge in [0.25, 0.3) is 0 Å². The summed E-state index contributed by atoms with van der Waals surface area (Å²) in [4.78, 5) is 11.7. The SMILES string of the molecule is CCn1cc(N)c(C(=O)OCCCOCCOC)n1. The molecule has 0 saturated carbocycles. The maximum absolute atomic E-state index is 11.7. The molecule has 19 heavy (non-hydrogen) atoms. The molecule has 0 saturated heterocycles. The molecule has 0 amide bonds. The monoisotopic (exact) mass is 271 g/mol. The second-order valence-corrected chi connectivity index (χ2v) is 3.88. The Hall–Kier alpha value is -1.60. The first-order valence-corrected chi connectivity index (χ1v) is 6.25. The summed E-state index contributed by atoms with van der Waals surface area (Å²) in [7, 11) is 1.62. The van der Waals surface area contributed by atoms with Crippen LogP contribution in [0.4, 0.5) is 5.69 Å². The summed E-state index contributed by atoms with van der Waals surface area (Å²) in [5, 5.41) is 4.04. The van der Waals surface area contributed by atoms with Gasteiger partial charge in [-0.05, 0) is 6.92 Å². The Morgan fingerprint density at radius 3 is 2.79 bits per heavy atom. The minimum absolute atomic E-state index is 0.169. The molecule has 7 nitrogen and oxygen atoms in total. The predicted molar refractivity (Wildman–Crippen MR) is 69.9 cm³/mol. The van der Waals surface area contributed by atoms with Gasteiger partial charge in [0.05, 0.1) is 25.5 Å². The summed E-state index contributed by atoms with van der Waals surface area (Å²) >= 11 is 0. The average molecular weight is 271 g/mol. The number of methoxy groups -OCH3 is 1. The van der Waals surface area contributed by atoms with Crippen LogP contribution in [-0.2, 0) is 20.8 Å². The first kappa shape index (κ1) is 15.5. The quantitative estimate of drug-likeness (QED) is 0.525. The van der Waals surface area contributed by atoms with Crippen LogP contribution in [0.25, 0.3) is 0 Å². The van der Waals surface area contributed by atoms with Crippen molar-refractivity contribution in [3.63, 3.8) is 0 Å². The van der Waals surface area contributed by atoms with Crippen molar-refractivity contribution in [1.29, 1.82) is 0 Å². The van der Waals surface area contributed by atoms with Gasteiger partial charge >= 0.3 is 5.97 Å². The van der Waals surface area contributed by atoms with Gasteiger partial charge in [-0.15, -0.1) is 0 Å². The number of aryl methyl sites for hydroxylation is 1. The van der Waals surface area contributed by atoms with Gasteiger partial charge < -0.3 is 19.9 Å². The van der Waals surface area contributed by atoms with Crippen LogP contribution < -0.4 is 5.73 Å². The van der Waals surface area contributed by atoms with Crippen LogP contribution in [0.3, 0.4) is 0 Å². The minimum atomic E-state index is -0.499. The first-order chi connectivity index (χ1) is 9.19. The summed E-state index contributed by atoms with van der Waals surface area (Å²) in [5.41, 5.74) is 6.19. The number of carbonyl (C=O) groups is 1. The van der Waals surface area contributed by atoms with Crippen LogP contribution in [0.2, 0.25) is 0 Å². The second kappa shape index (κ2) is 8.49. The second-order valence-electron chi connectivity index (χ2n) is 3.88. The maximum atomic E-state index is 11.7. The summed E-state index contributed by atoms with van der Waals surface area (Å²) in [6.07, 6.45) is 2.24. The van der Waals surface area contributed by atoms with E-state index in [0.717, 1.165) is 0 Å². The molecule has 0 fully saturated rings. The molecule has 108 valence electrons. The zero-order valence-corrected chi connectivity index (χ0v) is 11.4. The van der Waals surface area contributed by atoms with E-state index >= 15 is 0 Å². The average Bonchev–Trinajstić information content (AvgIpc) is 2.79. The van der Waals surface area contributed by atoms with Gasteiger partial charge in [-0.25, -0.2) is 4.79 Å². The van der Waals surface area contributed by atoms with Crippen LogP contribution >= 0.6 is 0 Å². The molecule has 0 spiro atoms. The van der Waals surface area contributed by atoms with E-state index in [2.05, 4.69) is 5.10 Å². The van der Waals surface area contributed by atoms with E-state index in [1.807, 2.05) is 6.92 Å². The molecule has 0 aliphatic carbocycles. The van der Waals surface area contributed by atoms with Crippen molar-refractivity contribution in [2.45, 2.75) is 19.9 Å². The Bertz CT molecular complexity index is 392. The van der Waals surface area contributed by atoms with Gasteiger partial charge in [0.2, 0.25) is 0 Å². The third-order valence-corrected chi connectivity index (χ3v) is 2.41. The predicted octanol–water partition coefficient (Wildman–Crippen LogP) is 0.695. The maximum Gasteiger partial charge on any atom is 0.361 e. The Labute approximate surface area is 112 Å². The van der Waals surface area contributed by atoms with Crippen LogP contribution in [0.5, 0.6) is 0 Å². The molecule has 1 rings (SSSR count). The van der Waals surface area contributed by atoms with Crippen molar-refractivity contribution < 1.29 is 19.0 Å². The number of anilines is 1.